The number of hydrogen-bond donors (Lipinski definition) is 1. The highest BCUT2D eigenvalue weighted by Crippen LogP contribution is 2.29. The summed E-state index contributed by atoms with van der Waals surface area (Å²) < 4.78 is 5.70. The fourth-order valence-electron chi connectivity index (χ4n) is 2.15. The molecule has 2 nitrogen and oxygen atoms in total. The fourth-order valence-corrected chi connectivity index (χ4v) is 3.33. The Kier molecular flexibility index (Phi) is 5.20. The summed E-state index contributed by atoms with van der Waals surface area (Å²) in [7, 11) is 0. The van der Waals surface area contributed by atoms with E-state index in [-0.39, 0.29) is 0 Å². The molecule has 1 aliphatic rings. The monoisotopic (exact) mass is 251 g/mol. The molecule has 1 aromatic carbocycles. The van der Waals surface area contributed by atoms with Gasteiger partial charge < -0.3 is 10.5 Å². The Bertz CT molecular complexity index is 319. The zero-order valence-corrected chi connectivity index (χ0v) is 11.0. The molecule has 0 aromatic heterocycles. The van der Waals surface area contributed by atoms with Gasteiger partial charge in [0.2, 0.25) is 0 Å². The molecule has 0 heterocycles. The third kappa shape index (κ3) is 4.25. The van der Waals surface area contributed by atoms with E-state index in [0.29, 0.717) is 6.54 Å². The van der Waals surface area contributed by atoms with E-state index in [1.807, 2.05) is 24.3 Å². The van der Waals surface area contributed by atoms with Gasteiger partial charge in [-0.15, -0.1) is 0 Å². The summed E-state index contributed by atoms with van der Waals surface area (Å²) in [5.74, 6) is 2.05. The van der Waals surface area contributed by atoms with Gasteiger partial charge in [0.15, 0.2) is 0 Å². The van der Waals surface area contributed by atoms with Crippen LogP contribution in [0, 0.1) is 0 Å². The molecule has 0 radical (unpaired) electrons. The maximum absolute atomic E-state index is 5.70. The van der Waals surface area contributed by atoms with Crippen LogP contribution < -0.4 is 10.5 Å². The van der Waals surface area contributed by atoms with E-state index in [4.69, 9.17) is 10.5 Å². The number of thioether (sulfide) groups is 1. The van der Waals surface area contributed by atoms with Crippen molar-refractivity contribution in [1.82, 2.24) is 0 Å². The molecule has 0 spiro atoms. The summed E-state index contributed by atoms with van der Waals surface area (Å²) in [6.07, 6.45) is 5.63. The maximum Gasteiger partial charge on any atom is 0.119 e. The van der Waals surface area contributed by atoms with Crippen LogP contribution >= 0.6 is 11.8 Å². The zero-order chi connectivity index (χ0) is 11.9. The van der Waals surface area contributed by atoms with Gasteiger partial charge in [0.1, 0.15) is 5.75 Å². The lowest BCUT2D eigenvalue weighted by molar-refractivity contribution is 0.343. The molecule has 17 heavy (non-hydrogen) atoms. The number of hydrogen-bond acceptors (Lipinski definition) is 3. The molecule has 1 saturated carbocycles. The molecule has 1 aliphatic carbocycles. The van der Waals surface area contributed by atoms with Crippen LogP contribution in [0.15, 0.2) is 24.3 Å². The van der Waals surface area contributed by atoms with Gasteiger partial charge in [-0.2, -0.15) is 11.8 Å². The van der Waals surface area contributed by atoms with E-state index in [1.54, 1.807) is 0 Å². The van der Waals surface area contributed by atoms with Crippen molar-refractivity contribution in [2.24, 2.45) is 5.73 Å². The van der Waals surface area contributed by atoms with Crippen LogP contribution in [0.5, 0.6) is 5.75 Å². The van der Waals surface area contributed by atoms with Crippen molar-refractivity contribution in [3.63, 3.8) is 0 Å². The molecule has 3 heteroatoms. The zero-order valence-electron chi connectivity index (χ0n) is 10.2. The number of rotatable bonds is 6. The van der Waals surface area contributed by atoms with E-state index in [9.17, 15) is 0 Å². The topological polar surface area (TPSA) is 35.2 Å². The van der Waals surface area contributed by atoms with E-state index in [1.165, 1.54) is 25.7 Å². The van der Waals surface area contributed by atoms with Gasteiger partial charge in [0, 0.05) is 17.5 Å². The second-order valence-corrected chi connectivity index (χ2v) is 5.88. The first-order valence-electron chi connectivity index (χ1n) is 6.42. The van der Waals surface area contributed by atoms with Crippen LogP contribution in [-0.2, 0) is 6.54 Å². The Morgan fingerprint density at radius 2 is 1.88 bits per heavy atom. The van der Waals surface area contributed by atoms with Crippen LogP contribution in [0.2, 0.25) is 0 Å². The van der Waals surface area contributed by atoms with E-state index >= 15 is 0 Å². The van der Waals surface area contributed by atoms with Crippen LogP contribution in [-0.4, -0.2) is 17.6 Å². The summed E-state index contributed by atoms with van der Waals surface area (Å²) in [4.78, 5) is 0. The molecule has 0 aliphatic heterocycles. The summed E-state index contributed by atoms with van der Waals surface area (Å²) in [6, 6.07) is 8.06. The Morgan fingerprint density at radius 1 is 1.18 bits per heavy atom. The van der Waals surface area contributed by atoms with Gasteiger partial charge in [-0.25, -0.2) is 0 Å². The molecule has 0 atom stereocenters. The number of nitrogens with two attached hydrogens (primary N) is 1. The number of ether oxygens (including phenoxy) is 1. The summed E-state index contributed by atoms with van der Waals surface area (Å²) in [5, 5.41) is 0.887. The Labute approximate surface area is 108 Å². The molecule has 2 rings (SSSR count). The summed E-state index contributed by atoms with van der Waals surface area (Å²) in [6.45, 7) is 1.40. The largest absolute Gasteiger partial charge is 0.493 e. The van der Waals surface area contributed by atoms with Crippen molar-refractivity contribution in [3.8, 4) is 5.75 Å². The van der Waals surface area contributed by atoms with Crippen molar-refractivity contribution in [2.45, 2.75) is 37.5 Å². The minimum Gasteiger partial charge on any atom is -0.493 e. The van der Waals surface area contributed by atoms with Crippen molar-refractivity contribution in [3.05, 3.63) is 29.8 Å². The van der Waals surface area contributed by atoms with Gasteiger partial charge in [-0.3, -0.25) is 0 Å². The third-order valence-electron chi connectivity index (χ3n) is 3.17. The highest BCUT2D eigenvalue weighted by molar-refractivity contribution is 7.99. The predicted molar refractivity (Wildman–Crippen MR) is 74.5 cm³/mol. The first-order valence-corrected chi connectivity index (χ1v) is 7.47. The van der Waals surface area contributed by atoms with Crippen molar-refractivity contribution < 1.29 is 4.74 Å². The second-order valence-electron chi connectivity index (χ2n) is 4.47. The van der Waals surface area contributed by atoms with E-state index < -0.39 is 0 Å². The average molecular weight is 251 g/mol. The Hall–Kier alpha value is -0.670. The first-order chi connectivity index (χ1) is 8.38. The van der Waals surface area contributed by atoms with Gasteiger partial charge in [0.25, 0.3) is 0 Å². The van der Waals surface area contributed by atoms with Gasteiger partial charge in [0.05, 0.1) is 6.61 Å². The standard InChI is InChI=1S/C14H21NOS/c15-11-12-5-7-13(8-6-12)16-9-10-17-14-3-1-2-4-14/h5-8,14H,1-4,9-11,15H2. The molecule has 2 N–H and O–H groups in total. The third-order valence-corrected chi connectivity index (χ3v) is 4.51. The molecule has 0 bridgehead atoms. The SMILES string of the molecule is NCc1ccc(OCCSC2CCCC2)cc1. The minimum absolute atomic E-state index is 0.595. The van der Waals surface area contributed by atoms with Crippen LogP contribution in [0.3, 0.4) is 0 Å². The highest BCUT2D eigenvalue weighted by atomic mass is 32.2. The van der Waals surface area contributed by atoms with Crippen molar-refractivity contribution in [2.75, 3.05) is 12.4 Å². The molecule has 1 fully saturated rings. The number of benzene rings is 1. The van der Waals surface area contributed by atoms with Crippen LogP contribution in [0.1, 0.15) is 31.2 Å². The quantitative estimate of drug-likeness (QED) is 0.789. The molecule has 0 saturated heterocycles. The fraction of sp³-hybridized carbons (Fsp3) is 0.571. The predicted octanol–water partition coefficient (Wildman–Crippen LogP) is 3.20. The van der Waals surface area contributed by atoms with E-state index in [2.05, 4.69) is 11.8 Å². The summed E-state index contributed by atoms with van der Waals surface area (Å²) >= 11 is 2.07. The Balaban J connectivity index is 1.63. The first kappa shape index (κ1) is 12.8. The normalized spacial score (nSPS) is 16.3. The highest BCUT2D eigenvalue weighted by Gasteiger charge is 2.14. The van der Waals surface area contributed by atoms with Crippen LogP contribution in [0.25, 0.3) is 0 Å². The van der Waals surface area contributed by atoms with Crippen molar-refractivity contribution >= 4 is 11.8 Å². The minimum atomic E-state index is 0.595. The van der Waals surface area contributed by atoms with Crippen molar-refractivity contribution in [1.29, 1.82) is 0 Å². The average Bonchev–Trinajstić information content (AvgIpc) is 2.88. The molecular formula is C14H21NOS. The van der Waals surface area contributed by atoms with Crippen LogP contribution in [0.4, 0.5) is 0 Å². The molecule has 1 aromatic rings. The smallest absolute Gasteiger partial charge is 0.119 e. The molecule has 94 valence electrons. The molecule has 0 unspecified atom stereocenters. The molecule has 0 amide bonds. The summed E-state index contributed by atoms with van der Waals surface area (Å²) in [5.41, 5.74) is 6.70. The van der Waals surface area contributed by atoms with E-state index in [0.717, 1.165) is 28.9 Å². The van der Waals surface area contributed by atoms with Gasteiger partial charge in [-0.05, 0) is 30.5 Å². The lowest BCUT2D eigenvalue weighted by Crippen LogP contribution is -2.04. The lowest BCUT2D eigenvalue weighted by Gasteiger charge is -2.10. The Morgan fingerprint density at radius 3 is 2.53 bits per heavy atom. The lowest BCUT2D eigenvalue weighted by atomic mass is 10.2. The second kappa shape index (κ2) is 6.92. The maximum atomic E-state index is 5.70. The van der Waals surface area contributed by atoms with Gasteiger partial charge >= 0.3 is 0 Å². The molecular weight excluding hydrogens is 230 g/mol. The van der Waals surface area contributed by atoms with Gasteiger partial charge in [-0.1, -0.05) is 25.0 Å².